The summed E-state index contributed by atoms with van der Waals surface area (Å²) in [6.45, 7) is 10.4. The molecule has 0 saturated carbocycles. The number of hydrogen-bond donors (Lipinski definition) is 3. The molecule has 10 rings (SSSR count). The zero-order valence-electron chi connectivity index (χ0n) is 55.9. The highest BCUT2D eigenvalue weighted by molar-refractivity contribution is 9.10. The summed E-state index contributed by atoms with van der Waals surface area (Å²) in [7, 11) is -2.61. The molecular weight excluding hydrogens is 1290 g/mol. The quantitative estimate of drug-likeness (QED) is 0.0344. The monoisotopic (exact) mass is 1390 g/mol. The van der Waals surface area contributed by atoms with Gasteiger partial charge in [0.25, 0.3) is 0 Å². The highest BCUT2D eigenvalue weighted by atomic mass is 79.9. The number of ether oxygens (including phenoxy) is 6. The number of nitrogens with one attached hydrogen (secondary N) is 1. The van der Waals surface area contributed by atoms with Gasteiger partial charge in [0, 0.05) is 116 Å². The molecule has 7 aromatic rings. The molecule has 0 bridgehead atoms. The lowest BCUT2D eigenvalue weighted by Crippen LogP contribution is -2.41. The van der Waals surface area contributed by atoms with Crippen molar-refractivity contribution in [1.82, 2.24) is 13.9 Å². The van der Waals surface area contributed by atoms with Crippen molar-refractivity contribution in [3.63, 3.8) is 0 Å². The van der Waals surface area contributed by atoms with Crippen LogP contribution in [0.1, 0.15) is 98.4 Å². The van der Waals surface area contributed by atoms with Crippen LogP contribution in [0.5, 0.6) is 0 Å². The molecule has 0 spiro atoms. The van der Waals surface area contributed by atoms with Crippen molar-refractivity contribution >= 4 is 48.6 Å². The van der Waals surface area contributed by atoms with E-state index < -0.39 is 27.2 Å². The van der Waals surface area contributed by atoms with Crippen molar-refractivity contribution in [2.45, 2.75) is 83.0 Å². The summed E-state index contributed by atoms with van der Waals surface area (Å²) in [6.07, 6.45) is 11.0. The van der Waals surface area contributed by atoms with Crippen LogP contribution in [0.4, 0.5) is 0 Å². The summed E-state index contributed by atoms with van der Waals surface area (Å²) in [6, 6.07) is 64.8. The topological polar surface area (TPSA) is 183 Å². The number of halogens is 1. The molecule has 3 N–H and O–H groups in total. The fourth-order valence-corrected chi connectivity index (χ4v) is 14.3. The number of piperidine rings is 3. The van der Waals surface area contributed by atoms with Crippen LogP contribution < -0.4 is 10.8 Å². The second-order valence-corrected chi connectivity index (χ2v) is 28.8. The molecule has 6 atom stereocenters. The predicted molar refractivity (Wildman–Crippen MR) is 385 cm³/mol. The Bertz CT molecular complexity index is 3400. The molecule has 0 aliphatic carbocycles. The lowest BCUT2D eigenvalue weighted by atomic mass is 9.81. The molecule has 7 aromatic carbocycles. The van der Waals surface area contributed by atoms with Crippen LogP contribution in [0.15, 0.2) is 199 Å². The first-order valence-electron chi connectivity index (χ1n) is 32.9. The van der Waals surface area contributed by atoms with Crippen LogP contribution >= 0.6 is 15.9 Å². The number of hydrogen-bond acceptors (Lipinski definition) is 13. The van der Waals surface area contributed by atoms with Gasteiger partial charge in [0.2, 0.25) is 20.0 Å². The Morgan fingerprint density at radius 1 is 0.479 bits per heavy atom. The summed E-state index contributed by atoms with van der Waals surface area (Å²) in [5.74, 6) is 0.779. The van der Waals surface area contributed by atoms with Crippen LogP contribution in [0.2, 0.25) is 0 Å². The SMILES string of the molecule is COCCCOC(c1ccccc1-c1ccccc1)C1CCCN(S(C)(=O)=O)C1.COCCCOC(c1ccccc1-c1ccccc1)C1CCCNC1.COCCCOC(c1ccccc1Br)C1CCCN(S(C)(=O)=O)C1.Cc1ccccc1.OB(O)c1ccccc1. The normalized spacial score (nSPS) is 17.8. The van der Waals surface area contributed by atoms with Gasteiger partial charge < -0.3 is 43.8 Å². The first-order chi connectivity index (χ1) is 45.5. The van der Waals surface area contributed by atoms with E-state index in [0.29, 0.717) is 64.0 Å². The van der Waals surface area contributed by atoms with Crippen molar-refractivity contribution < 1.29 is 55.3 Å². The molecule has 3 heterocycles. The van der Waals surface area contributed by atoms with Crippen molar-refractivity contribution in [3.05, 3.63) is 221 Å². The van der Waals surface area contributed by atoms with Crippen molar-refractivity contribution in [2.75, 3.05) is 113 Å². The van der Waals surface area contributed by atoms with Gasteiger partial charge in [0.05, 0.1) is 30.8 Å². The fraction of sp³-hybridized carbons (Fsp3) is 0.440. The maximum absolute atomic E-state index is 12.1. The zero-order valence-corrected chi connectivity index (χ0v) is 59.2. The third kappa shape index (κ3) is 26.9. The van der Waals surface area contributed by atoms with E-state index in [0.717, 1.165) is 98.0 Å². The maximum Gasteiger partial charge on any atom is 0.488 e. The smallest absolute Gasteiger partial charge is 0.423 e. The molecule has 0 radical (unpaired) electrons. The van der Waals surface area contributed by atoms with E-state index >= 15 is 0 Å². The number of nitrogens with zero attached hydrogens (tertiary/aromatic N) is 2. The van der Waals surface area contributed by atoms with Crippen LogP contribution in [0.3, 0.4) is 0 Å². The largest absolute Gasteiger partial charge is 0.488 e. The summed E-state index contributed by atoms with van der Waals surface area (Å²) >= 11 is 3.60. The van der Waals surface area contributed by atoms with Gasteiger partial charge in [-0.15, -0.1) is 0 Å². The molecule has 15 nitrogen and oxygen atoms in total. The Labute approximate surface area is 570 Å². The van der Waals surface area contributed by atoms with Crippen LogP contribution in [-0.2, 0) is 48.5 Å². The molecule has 3 fully saturated rings. The van der Waals surface area contributed by atoms with E-state index in [1.807, 2.05) is 78.9 Å². The Balaban J connectivity index is 0.000000200. The summed E-state index contributed by atoms with van der Waals surface area (Å²) in [5, 5.41) is 20.7. The minimum Gasteiger partial charge on any atom is -0.423 e. The minimum absolute atomic E-state index is 0.117. The van der Waals surface area contributed by atoms with Gasteiger partial charge in [0.15, 0.2) is 0 Å². The highest BCUT2D eigenvalue weighted by Gasteiger charge is 2.35. The molecule has 0 amide bonds. The number of methoxy groups -OCH3 is 3. The average Bonchev–Trinajstić information content (AvgIpc) is 0.839. The highest BCUT2D eigenvalue weighted by Crippen LogP contribution is 2.41. The average molecular weight is 1390 g/mol. The second kappa shape index (κ2) is 43.0. The van der Waals surface area contributed by atoms with Gasteiger partial charge in [0.1, 0.15) is 0 Å². The summed E-state index contributed by atoms with van der Waals surface area (Å²) in [5.41, 5.74) is 10.2. The first-order valence-corrected chi connectivity index (χ1v) is 37.4. The van der Waals surface area contributed by atoms with Gasteiger partial charge in [-0.3, -0.25) is 0 Å². The fourth-order valence-electron chi connectivity index (χ4n) is 12.0. The molecule has 94 heavy (non-hydrogen) atoms. The van der Waals surface area contributed by atoms with Crippen LogP contribution in [0.25, 0.3) is 22.3 Å². The Hall–Kier alpha value is -5.46. The molecule has 3 aliphatic rings. The minimum atomic E-state index is -3.21. The van der Waals surface area contributed by atoms with Gasteiger partial charge >= 0.3 is 7.12 Å². The van der Waals surface area contributed by atoms with E-state index in [1.165, 1.54) is 47.6 Å². The third-order valence-electron chi connectivity index (χ3n) is 16.7. The van der Waals surface area contributed by atoms with Crippen molar-refractivity contribution in [3.8, 4) is 22.3 Å². The van der Waals surface area contributed by atoms with Gasteiger partial charge in [-0.05, 0) is 122 Å². The maximum atomic E-state index is 12.1. The molecule has 6 unspecified atom stereocenters. The van der Waals surface area contributed by atoms with Gasteiger partial charge in [-0.25, -0.2) is 25.4 Å². The zero-order chi connectivity index (χ0) is 67.4. The lowest BCUT2D eigenvalue weighted by Gasteiger charge is -2.36. The van der Waals surface area contributed by atoms with E-state index in [4.69, 9.17) is 38.5 Å². The third-order valence-corrected chi connectivity index (χ3v) is 20.0. The number of aryl methyl sites for hydroxylation is 1. The van der Waals surface area contributed by atoms with E-state index in [-0.39, 0.29) is 30.1 Å². The Kier molecular flexibility index (Phi) is 35.4. The predicted octanol–water partition coefficient (Wildman–Crippen LogP) is 13.1. The van der Waals surface area contributed by atoms with Crippen LogP contribution in [-0.4, -0.2) is 155 Å². The molecule has 0 aromatic heterocycles. The number of benzene rings is 7. The van der Waals surface area contributed by atoms with Crippen molar-refractivity contribution in [2.24, 2.45) is 17.8 Å². The second-order valence-electron chi connectivity index (χ2n) is 23.9. The standard InChI is InChI=1S/C23H31NO4S.C22H29NO2.C17H26BrNO4S.C7H8.C6H7BO2/c1-27-16-9-17-28-23(20-12-8-15-24(18-20)29(2,25)26)22-14-7-6-13-21(22)19-10-4-3-5-11-19;1-24-15-8-16-25-22(19-11-7-14-23-17-19)21-13-6-5-12-20(21)18-9-3-2-4-10-18;1-22-11-6-12-23-17(15-8-3-4-9-16(15)18)14-7-5-10-19(13-14)24(2,20)21;1-7-5-3-2-4-6-7;8-7(9)6-4-2-1-3-5-6/h3-7,10-11,13-14,20,23H,8-9,12,15-18H2,1-2H3;2-6,9-10,12-13,19,22-23H,7-8,11,14-17H2,1H3;3-4,8-9,14,17H,5-7,10-13H2,1-2H3;2-6H,1H3;1-5,8-9H. The Morgan fingerprint density at radius 3 is 1.20 bits per heavy atom. The number of rotatable bonds is 26. The lowest BCUT2D eigenvalue weighted by molar-refractivity contribution is -0.0131. The Morgan fingerprint density at radius 2 is 0.840 bits per heavy atom. The van der Waals surface area contributed by atoms with Crippen molar-refractivity contribution in [1.29, 1.82) is 0 Å². The first kappa shape index (κ1) is 77.6. The van der Waals surface area contributed by atoms with E-state index in [2.05, 4.69) is 119 Å². The molecular formula is C75H101BBrN3O12S2. The summed E-state index contributed by atoms with van der Waals surface area (Å²) < 4.78 is 86.7. The van der Waals surface area contributed by atoms with E-state index in [1.54, 1.807) is 54.2 Å². The van der Waals surface area contributed by atoms with Gasteiger partial charge in [-0.1, -0.05) is 210 Å². The number of sulfonamides is 2. The van der Waals surface area contributed by atoms with Crippen LogP contribution in [0, 0.1) is 24.7 Å². The molecule has 510 valence electrons. The molecule has 3 saturated heterocycles. The van der Waals surface area contributed by atoms with E-state index in [9.17, 15) is 16.8 Å². The van der Waals surface area contributed by atoms with Gasteiger partial charge in [-0.2, -0.15) is 0 Å². The molecule has 3 aliphatic heterocycles. The molecule has 19 heteroatoms. The summed E-state index contributed by atoms with van der Waals surface area (Å²) in [4.78, 5) is 0.